The maximum Gasteiger partial charge on any atom is 0.408 e. The van der Waals surface area contributed by atoms with Gasteiger partial charge in [-0.25, -0.2) is 23.2 Å². The van der Waals surface area contributed by atoms with E-state index in [1.807, 2.05) is 41.8 Å². The van der Waals surface area contributed by atoms with Gasteiger partial charge in [0.25, 0.3) is 5.91 Å². The first-order valence-electron chi connectivity index (χ1n) is 21.6. The summed E-state index contributed by atoms with van der Waals surface area (Å²) < 4.78 is 42.3. The van der Waals surface area contributed by atoms with Crippen molar-refractivity contribution in [3.8, 4) is 16.6 Å². The number of benzene rings is 1. The largest absolute Gasteiger partial charge is 0.472 e. The summed E-state index contributed by atoms with van der Waals surface area (Å²) in [6.45, 7) is 4.12. The molecule has 0 unspecified atom stereocenters. The van der Waals surface area contributed by atoms with Crippen LogP contribution in [0.15, 0.2) is 47.9 Å². The molecule has 5 aliphatic rings. The van der Waals surface area contributed by atoms with Crippen molar-refractivity contribution in [2.24, 2.45) is 5.92 Å². The van der Waals surface area contributed by atoms with Gasteiger partial charge in [0.2, 0.25) is 27.7 Å². The highest BCUT2D eigenvalue weighted by Crippen LogP contribution is 2.46. The smallest absolute Gasteiger partial charge is 0.408 e. The van der Waals surface area contributed by atoms with Crippen LogP contribution >= 0.6 is 11.3 Å². The van der Waals surface area contributed by atoms with Crippen molar-refractivity contribution in [2.45, 2.75) is 138 Å². The molecular formula is C43H52N8O8S2. The lowest BCUT2D eigenvalue weighted by molar-refractivity contribution is -0.141. The fourth-order valence-electron chi connectivity index (χ4n) is 8.82. The number of hydrogen-bond acceptors (Lipinski definition) is 12. The molecule has 4 fully saturated rings. The zero-order chi connectivity index (χ0) is 42.5. The monoisotopic (exact) mass is 872 g/mol. The SMILES string of the molecule is CC(C)c1csc(-c2cc(O[C@@H]3C[C@H]4C(=O)N[C@]5(C(=O)NS(=O)(=O)C6CC6)C[C@@H]5/C=C\CCCCC[C@H](NC(=O)OC5CCCC5)C(=O)N4C3)n3nc4ccccc4c3n2)n1. The van der Waals surface area contributed by atoms with Gasteiger partial charge in [0.15, 0.2) is 5.65 Å². The van der Waals surface area contributed by atoms with Crippen LogP contribution in [0.25, 0.3) is 27.3 Å². The van der Waals surface area contributed by atoms with Crippen LogP contribution in [0.4, 0.5) is 4.79 Å². The molecule has 0 radical (unpaired) electrons. The molecule has 2 aliphatic heterocycles. The first kappa shape index (κ1) is 41.3. The Bertz CT molecular complexity index is 2490. The summed E-state index contributed by atoms with van der Waals surface area (Å²) in [4.78, 5) is 67.9. The number of nitrogens with one attached hydrogen (secondary N) is 3. The van der Waals surface area contributed by atoms with Crippen LogP contribution in [-0.4, -0.2) is 98.3 Å². The number of hydrogen-bond donors (Lipinski definition) is 3. The lowest BCUT2D eigenvalue weighted by atomic mass is 10.0. The van der Waals surface area contributed by atoms with Gasteiger partial charge in [0.1, 0.15) is 40.5 Å². The number of carbonyl (C=O) groups excluding carboxylic acids is 4. The Kier molecular flexibility index (Phi) is 11.3. The number of alkyl carbamates (subject to hydrolysis) is 1. The van der Waals surface area contributed by atoms with Gasteiger partial charge in [-0.1, -0.05) is 51.0 Å². The van der Waals surface area contributed by atoms with Crippen LogP contribution in [0.3, 0.4) is 0 Å². The zero-order valence-corrected chi connectivity index (χ0v) is 36.0. The summed E-state index contributed by atoms with van der Waals surface area (Å²) in [6, 6.07) is 7.26. The average molecular weight is 873 g/mol. The molecule has 4 amide bonds. The van der Waals surface area contributed by atoms with E-state index < -0.39 is 68.7 Å². The summed E-state index contributed by atoms with van der Waals surface area (Å²) in [5.74, 6) is -1.77. The van der Waals surface area contributed by atoms with E-state index in [4.69, 9.17) is 24.5 Å². The Morgan fingerprint density at radius 2 is 1.79 bits per heavy atom. The highest BCUT2D eigenvalue weighted by atomic mass is 32.2. The minimum atomic E-state index is -3.91. The molecule has 324 valence electrons. The van der Waals surface area contributed by atoms with E-state index in [9.17, 15) is 27.6 Å². The number of fused-ring (bicyclic) bond motifs is 5. The Morgan fingerprint density at radius 1 is 1.00 bits per heavy atom. The third kappa shape index (κ3) is 8.57. The van der Waals surface area contributed by atoms with Crippen molar-refractivity contribution in [1.82, 2.24) is 39.8 Å². The number of ether oxygens (including phenoxy) is 2. The molecule has 0 spiro atoms. The van der Waals surface area contributed by atoms with E-state index in [-0.39, 0.29) is 31.4 Å². The lowest BCUT2D eigenvalue weighted by Gasteiger charge is -2.30. The van der Waals surface area contributed by atoms with Gasteiger partial charge in [-0.3, -0.25) is 19.1 Å². The number of rotatable bonds is 9. The predicted octanol–water partition coefficient (Wildman–Crippen LogP) is 5.52. The van der Waals surface area contributed by atoms with Crippen LogP contribution in [0.2, 0.25) is 0 Å². The van der Waals surface area contributed by atoms with Gasteiger partial charge in [0, 0.05) is 29.2 Å². The van der Waals surface area contributed by atoms with E-state index in [1.54, 1.807) is 10.6 Å². The normalized spacial score (nSPS) is 26.9. The number of aromatic nitrogens is 4. The number of nitrogens with zero attached hydrogens (tertiary/aromatic N) is 5. The molecule has 3 aliphatic carbocycles. The quantitative estimate of drug-likeness (QED) is 0.179. The second kappa shape index (κ2) is 16.6. The second-order valence-electron chi connectivity index (χ2n) is 17.5. The van der Waals surface area contributed by atoms with E-state index in [0.717, 1.165) is 49.6 Å². The van der Waals surface area contributed by atoms with Gasteiger partial charge in [-0.15, -0.1) is 11.3 Å². The summed E-state index contributed by atoms with van der Waals surface area (Å²) in [5, 5.41) is 13.5. The Morgan fingerprint density at radius 3 is 2.56 bits per heavy atom. The molecule has 3 saturated carbocycles. The fourth-order valence-corrected chi connectivity index (χ4v) is 11.1. The number of allylic oxidation sites excluding steroid dienone is 1. The minimum absolute atomic E-state index is 0.0277. The van der Waals surface area contributed by atoms with Crippen LogP contribution in [0.1, 0.15) is 109 Å². The predicted molar refractivity (Wildman–Crippen MR) is 227 cm³/mol. The van der Waals surface area contributed by atoms with E-state index >= 15 is 0 Å². The maximum absolute atomic E-state index is 14.8. The molecule has 16 nitrogen and oxygen atoms in total. The van der Waals surface area contributed by atoms with Gasteiger partial charge in [-0.2, -0.15) is 9.61 Å². The molecule has 1 aromatic carbocycles. The molecule has 3 aromatic heterocycles. The van der Waals surface area contributed by atoms with Crippen molar-refractivity contribution < 1.29 is 37.1 Å². The Balaban J connectivity index is 1.05. The number of thiazole rings is 1. The lowest BCUT2D eigenvalue weighted by Crippen LogP contribution is -2.58. The molecule has 18 heteroatoms. The highest BCUT2D eigenvalue weighted by Gasteiger charge is 2.62. The minimum Gasteiger partial charge on any atom is -0.472 e. The van der Waals surface area contributed by atoms with Gasteiger partial charge >= 0.3 is 6.09 Å². The van der Waals surface area contributed by atoms with Crippen LogP contribution in [0, 0.1) is 5.92 Å². The number of amides is 4. The molecule has 61 heavy (non-hydrogen) atoms. The molecule has 5 atom stereocenters. The molecular weight excluding hydrogens is 821 g/mol. The highest BCUT2D eigenvalue weighted by molar-refractivity contribution is 7.91. The number of carbonyl (C=O) groups is 4. The van der Waals surface area contributed by atoms with Gasteiger partial charge < -0.3 is 25.0 Å². The summed E-state index contributed by atoms with van der Waals surface area (Å²) >= 11 is 1.48. The molecule has 4 aromatic rings. The molecule has 0 bridgehead atoms. The standard InChI is InChI=1S/C43H52N8O8S2/c1-25(2)34-24-60-39(45-34)33-21-36(51-37(44-33)30-15-10-11-16-31(30)48-51)58-28-20-35-38(52)47-43(41(54)49-61(56,57)29-18-19-29)22-26(43)12-6-4-3-5-7-17-32(40(53)50(35)23-28)46-42(55)59-27-13-8-9-14-27/h6,10-12,15-16,21,24-29,32,35H,3-5,7-9,13-14,17-20,22-23H2,1-2H3,(H,46,55)(H,47,52)(H,49,54)/b12-6-/t26-,28+,32-,35-,43+/m0/s1. The Labute approximate surface area is 358 Å². The summed E-state index contributed by atoms with van der Waals surface area (Å²) in [6.07, 6.45) is 10.1. The third-order valence-corrected chi connectivity index (χ3v) is 15.3. The van der Waals surface area contributed by atoms with Crippen molar-refractivity contribution in [3.05, 3.63) is 53.6 Å². The summed E-state index contributed by atoms with van der Waals surface area (Å²) in [7, 11) is -3.91. The van der Waals surface area contributed by atoms with Crippen molar-refractivity contribution in [3.63, 3.8) is 0 Å². The first-order chi connectivity index (χ1) is 29.4. The van der Waals surface area contributed by atoms with Crippen molar-refractivity contribution >= 4 is 61.7 Å². The molecule has 5 heterocycles. The average Bonchev–Trinajstić information content (AvgIpc) is 3.87. The summed E-state index contributed by atoms with van der Waals surface area (Å²) in [5.41, 5.74) is 1.26. The fraction of sp³-hybridized carbons (Fsp3) is 0.558. The van der Waals surface area contributed by atoms with Crippen LogP contribution < -0.4 is 20.1 Å². The molecule has 9 rings (SSSR count). The van der Waals surface area contributed by atoms with Gasteiger partial charge in [-0.05, 0) is 82.3 Å². The third-order valence-electron chi connectivity index (χ3n) is 12.6. The van der Waals surface area contributed by atoms with Crippen molar-refractivity contribution in [1.29, 1.82) is 0 Å². The molecule has 1 saturated heterocycles. The Hall–Kier alpha value is -5.10. The van der Waals surface area contributed by atoms with Crippen molar-refractivity contribution in [2.75, 3.05) is 6.54 Å². The number of sulfonamides is 1. The maximum atomic E-state index is 14.8. The second-order valence-corrected chi connectivity index (χ2v) is 20.3. The zero-order valence-electron chi connectivity index (χ0n) is 34.4. The van der Waals surface area contributed by atoms with E-state index in [1.165, 1.54) is 16.2 Å². The molecule has 3 N–H and O–H groups in total. The van der Waals surface area contributed by atoms with E-state index in [2.05, 4.69) is 29.2 Å². The first-order valence-corrected chi connectivity index (χ1v) is 24.0. The van der Waals surface area contributed by atoms with Crippen LogP contribution in [0.5, 0.6) is 5.88 Å². The topological polar surface area (TPSA) is 203 Å². The van der Waals surface area contributed by atoms with Crippen LogP contribution in [-0.2, 0) is 29.1 Å². The van der Waals surface area contributed by atoms with Gasteiger partial charge in [0.05, 0.1) is 23.0 Å². The van der Waals surface area contributed by atoms with E-state index in [0.29, 0.717) is 59.8 Å².